The minimum atomic E-state index is -3.80. The molecule has 1 saturated carbocycles. The molecule has 10 heteroatoms. The fourth-order valence-electron chi connectivity index (χ4n) is 3.13. The molecule has 0 aromatic carbocycles. The van der Waals surface area contributed by atoms with Crippen LogP contribution in [0, 0.1) is 13.8 Å². The summed E-state index contributed by atoms with van der Waals surface area (Å²) in [6.07, 6.45) is 2.14. The number of thiophene rings is 1. The van der Waals surface area contributed by atoms with Gasteiger partial charge in [-0.05, 0) is 52.0 Å². The van der Waals surface area contributed by atoms with Crippen LogP contribution >= 0.6 is 11.3 Å². The topological polar surface area (TPSA) is 103 Å². The van der Waals surface area contributed by atoms with Crippen molar-refractivity contribution in [2.75, 3.05) is 4.72 Å². The molecule has 0 amide bonds. The van der Waals surface area contributed by atoms with Crippen molar-refractivity contribution in [3.63, 3.8) is 0 Å². The maximum atomic E-state index is 13.1. The highest BCUT2D eigenvalue weighted by Gasteiger charge is 2.31. The normalized spacial score (nSPS) is 14.9. The number of aryl methyl sites for hydroxylation is 1. The Morgan fingerprint density at radius 1 is 1.33 bits per heavy atom. The Balaban J connectivity index is 1.67. The van der Waals surface area contributed by atoms with Gasteiger partial charge >= 0.3 is 0 Å². The fourth-order valence-corrected chi connectivity index (χ4v) is 5.43. The molecule has 27 heavy (non-hydrogen) atoms. The average molecular weight is 408 g/mol. The Labute approximate surface area is 161 Å². The first kappa shape index (κ1) is 18.2. The van der Waals surface area contributed by atoms with Gasteiger partial charge in [-0.15, -0.1) is 11.3 Å². The zero-order chi connectivity index (χ0) is 19.3. The SMILES string of the molecule is Cc1nn(C(C)C)c(C)c1S(=O)(=O)Nc1ccsc1-c1nc(C2CC2)no1. The van der Waals surface area contributed by atoms with E-state index in [9.17, 15) is 8.42 Å². The van der Waals surface area contributed by atoms with Gasteiger partial charge in [-0.3, -0.25) is 9.40 Å². The van der Waals surface area contributed by atoms with E-state index in [0.717, 1.165) is 12.8 Å². The summed E-state index contributed by atoms with van der Waals surface area (Å²) in [5.41, 5.74) is 1.52. The molecule has 144 valence electrons. The summed E-state index contributed by atoms with van der Waals surface area (Å²) in [7, 11) is -3.80. The Bertz CT molecular complexity index is 1090. The predicted octanol–water partition coefficient (Wildman–Crippen LogP) is 3.87. The van der Waals surface area contributed by atoms with E-state index in [0.29, 0.717) is 39.6 Å². The summed E-state index contributed by atoms with van der Waals surface area (Å²) in [5, 5.41) is 10.2. The van der Waals surface area contributed by atoms with E-state index >= 15 is 0 Å². The molecular weight excluding hydrogens is 386 g/mol. The zero-order valence-electron chi connectivity index (χ0n) is 15.6. The second-order valence-electron chi connectivity index (χ2n) is 7.04. The van der Waals surface area contributed by atoms with Crippen LogP contribution in [0.1, 0.15) is 55.9 Å². The molecule has 0 bridgehead atoms. The molecule has 1 aliphatic rings. The zero-order valence-corrected chi connectivity index (χ0v) is 17.2. The van der Waals surface area contributed by atoms with Gasteiger partial charge in [-0.1, -0.05) is 5.16 Å². The molecule has 0 aliphatic heterocycles. The quantitative estimate of drug-likeness (QED) is 0.665. The summed E-state index contributed by atoms with van der Waals surface area (Å²) in [4.78, 5) is 5.24. The maximum absolute atomic E-state index is 13.1. The number of hydrogen-bond acceptors (Lipinski definition) is 7. The average Bonchev–Trinajstić information content (AvgIpc) is 3.00. The van der Waals surface area contributed by atoms with Crippen LogP contribution in [-0.4, -0.2) is 28.3 Å². The fraction of sp³-hybridized carbons (Fsp3) is 0.471. The van der Waals surface area contributed by atoms with Crippen molar-refractivity contribution in [1.82, 2.24) is 19.9 Å². The van der Waals surface area contributed by atoms with E-state index in [2.05, 4.69) is 20.0 Å². The Morgan fingerprint density at radius 3 is 2.70 bits per heavy atom. The largest absolute Gasteiger partial charge is 0.333 e. The van der Waals surface area contributed by atoms with Crippen molar-refractivity contribution in [2.24, 2.45) is 0 Å². The molecular formula is C17H21N5O3S2. The molecule has 3 aromatic rings. The van der Waals surface area contributed by atoms with Crippen LogP contribution in [0.3, 0.4) is 0 Å². The molecule has 0 atom stereocenters. The first-order valence-corrected chi connectivity index (χ1v) is 11.1. The first-order valence-electron chi connectivity index (χ1n) is 8.78. The molecule has 1 fully saturated rings. The van der Waals surface area contributed by atoms with E-state index in [1.807, 2.05) is 13.8 Å². The van der Waals surface area contributed by atoms with Crippen molar-refractivity contribution in [3.05, 3.63) is 28.7 Å². The molecule has 3 aromatic heterocycles. The van der Waals surface area contributed by atoms with Crippen molar-refractivity contribution in [2.45, 2.75) is 57.4 Å². The second-order valence-corrected chi connectivity index (χ2v) is 9.57. The van der Waals surface area contributed by atoms with Gasteiger partial charge in [-0.2, -0.15) is 10.1 Å². The van der Waals surface area contributed by atoms with Crippen molar-refractivity contribution in [1.29, 1.82) is 0 Å². The van der Waals surface area contributed by atoms with Crippen LogP contribution < -0.4 is 4.72 Å². The van der Waals surface area contributed by atoms with E-state index in [4.69, 9.17) is 4.52 Å². The van der Waals surface area contributed by atoms with Crippen LogP contribution in [0.2, 0.25) is 0 Å². The summed E-state index contributed by atoms with van der Waals surface area (Å²) in [6, 6.07) is 1.78. The van der Waals surface area contributed by atoms with Crippen molar-refractivity contribution in [3.8, 4) is 10.8 Å². The lowest BCUT2D eigenvalue weighted by Gasteiger charge is -2.10. The number of nitrogens with zero attached hydrogens (tertiary/aromatic N) is 4. The summed E-state index contributed by atoms with van der Waals surface area (Å²) in [6.45, 7) is 7.40. The number of nitrogens with one attached hydrogen (secondary N) is 1. The highest BCUT2D eigenvalue weighted by atomic mass is 32.2. The minimum absolute atomic E-state index is 0.0728. The monoisotopic (exact) mass is 407 g/mol. The van der Waals surface area contributed by atoms with Gasteiger partial charge in [0.05, 0.1) is 17.1 Å². The van der Waals surface area contributed by atoms with Gasteiger partial charge in [-0.25, -0.2) is 8.42 Å². The number of rotatable bonds is 6. The van der Waals surface area contributed by atoms with E-state index in [1.54, 1.807) is 30.0 Å². The Hall–Kier alpha value is -2.20. The summed E-state index contributed by atoms with van der Waals surface area (Å²) >= 11 is 1.36. The lowest BCUT2D eigenvalue weighted by atomic mass is 10.3. The molecule has 3 heterocycles. The van der Waals surface area contributed by atoms with Gasteiger partial charge in [0, 0.05) is 12.0 Å². The molecule has 1 aliphatic carbocycles. The predicted molar refractivity (Wildman–Crippen MR) is 102 cm³/mol. The minimum Gasteiger partial charge on any atom is -0.333 e. The Kier molecular flexibility index (Phi) is 4.34. The van der Waals surface area contributed by atoms with Crippen LogP contribution in [-0.2, 0) is 10.0 Å². The molecule has 0 radical (unpaired) electrons. The smallest absolute Gasteiger partial charge is 0.270 e. The highest BCUT2D eigenvalue weighted by Crippen LogP contribution is 2.40. The first-order chi connectivity index (χ1) is 12.8. The van der Waals surface area contributed by atoms with Crippen LogP contribution in [0.25, 0.3) is 10.8 Å². The summed E-state index contributed by atoms with van der Waals surface area (Å²) < 4.78 is 35.9. The standard InChI is InChI=1S/C17H21N5O3S2/c1-9(2)22-11(4)15(10(3)19-22)27(23,24)21-13-7-8-26-14(13)17-18-16(20-25-17)12-5-6-12/h7-9,12,21H,5-6H2,1-4H3. The van der Waals surface area contributed by atoms with Crippen LogP contribution in [0.5, 0.6) is 0 Å². The highest BCUT2D eigenvalue weighted by molar-refractivity contribution is 7.92. The van der Waals surface area contributed by atoms with Crippen molar-refractivity contribution < 1.29 is 12.9 Å². The van der Waals surface area contributed by atoms with E-state index in [-0.39, 0.29) is 10.9 Å². The molecule has 0 unspecified atom stereocenters. The number of sulfonamides is 1. The molecule has 1 N–H and O–H groups in total. The molecule has 4 rings (SSSR count). The number of hydrogen-bond donors (Lipinski definition) is 1. The third-order valence-electron chi connectivity index (χ3n) is 4.50. The summed E-state index contributed by atoms with van der Waals surface area (Å²) in [5.74, 6) is 1.41. The lowest BCUT2D eigenvalue weighted by Crippen LogP contribution is -2.15. The van der Waals surface area contributed by atoms with Crippen LogP contribution in [0.15, 0.2) is 20.9 Å². The van der Waals surface area contributed by atoms with Gasteiger partial charge in [0.15, 0.2) is 5.82 Å². The van der Waals surface area contributed by atoms with Gasteiger partial charge in [0.1, 0.15) is 9.77 Å². The van der Waals surface area contributed by atoms with Gasteiger partial charge in [0.25, 0.3) is 15.9 Å². The maximum Gasteiger partial charge on any atom is 0.270 e. The molecule has 0 saturated heterocycles. The number of aromatic nitrogens is 4. The van der Waals surface area contributed by atoms with Crippen LogP contribution in [0.4, 0.5) is 5.69 Å². The Morgan fingerprint density at radius 2 is 2.07 bits per heavy atom. The third kappa shape index (κ3) is 3.27. The van der Waals surface area contributed by atoms with E-state index < -0.39 is 10.0 Å². The lowest BCUT2D eigenvalue weighted by molar-refractivity contribution is 0.423. The second kappa shape index (κ2) is 6.45. The van der Waals surface area contributed by atoms with Crippen molar-refractivity contribution >= 4 is 27.0 Å². The molecule has 8 nitrogen and oxygen atoms in total. The third-order valence-corrected chi connectivity index (χ3v) is 7.02. The number of anilines is 1. The van der Waals surface area contributed by atoms with E-state index in [1.165, 1.54) is 11.3 Å². The molecule has 0 spiro atoms. The van der Waals surface area contributed by atoms with Gasteiger partial charge < -0.3 is 4.52 Å². The van der Waals surface area contributed by atoms with Gasteiger partial charge in [0.2, 0.25) is 0 Å².